The lowest BCUT2D eigenvalue weighted by atomic mass is 9.99. The van der Waals surface area contributed by atoms with E-state index in [0.29, 0.717) is 24.7 Å². The second-order valence-corrected chi connectivity index (χ2v) is 9.72. The van der Waals surface area contributed by atoms with E-state index in [-0.39, 0.29) is 11.9 Å². The summed E-state index contributed by atoms with van der Waals surface area (Å²) in [6, 6.07) is 21.9. The number of fused-ring (bicyclic) bond motifs is 1. The summed E-state index contributed by atoms with van der Waals surface area (Å²) < 4.78 is 17.0. The third kappa shape index (κ3) is 5.38. The number of para-hydroxylation sites is 1. The van der Waals surface area contributed by atoms with Gasteiger partial charge in [-0.3, -0.25) is 4.79 Å². The first-order valence-corrected chi connectivity index (χ1v) is 13.3. The first-order valence-electron chi connectivity index (χ1n) is 13.3. The standard InChI is InChI=1S/C31H36N2O4/c1-35-29-17-16-23(21-30(29)36-2)27(15-10-20-37-24-11-5-3-6-12-24)33-22-26-25(31(33)34)13-9-14-28(26)32-18-7-4-8-19-32/h3,5-6,9,11-14,16-17,21,27H,4,7-8,10,15,18-20,22H2,1-2H3/t27-/m1/s1. The molecule has 0 aromatic heterocycles. The second kappa shape index (κ2) is 11.6. The lowest BCUT2D eigenvalue weighted by Gasteiger charge is -2.31. The third-order valence-electron chi connectivity index (χ3n) is 7.47. The van der Waals surface area contributed by atoms with Gasteiger partial charge in [0, 0.05) is 36.4 Å². The fourth-order valence-electron chi connectivity index (χ4n) is 5.57. The molecule has 0 bridgehead atoms. The Balaban J connectivity index is 1.40. The molecule has 1 saturated heterocycles. The van der Waals surface area contributed by atoms with E-state index in [1.165, 1.54) is 24.9 Å². The largest absolute Gasteiger partial charge is 0.494 e. The summed E-state index contributed by atoms with van der Waals surface area (Å²) in [6.45, 7) is 3.31. The van der Waals surface area contributed by atoms with Gasteiger partial charge in [0.05, 0.1) is 26.9 Å². The molecule has 2 heterocycles. The van der Waals surface area contributed by atoms with Crippen molar-refractivity contribution in [1.29, 1.82) is 0 Å². The van der Waals surface area contributed by atoms with E-state index >= 15 is 0 Å². The third-order valence-corrected chi connectivity index (χ3v) is 7.47. The molecule has 1 fully saturated rings. The van der Waals surface area contributed by atoms with Crippen molar-refractivity contribution in [3.8, 4) is 17.2 Å². The topological polar surface area (TPSA) is 51.2 Å². The van der Waals surface area contributed by atoms with Crippen molar-refractivity contribution in [3.05, 3.63) is 83.4 Å². The summed E-state index contributed by atoms with van der Waals surface area (Å²) in [5.74, 6) is 2.31. The van der Waals surface area contributed by atoms with E-state index in [1.54, 1.807) is 14.2 Å². The molecule has 0 spiro atoms. The Morgan fingerprint density at radius 1 is 0.865 bits per heavy atom. The van der Waals surface area contributed by atoms with Crippen LogP contribution in [0.25, 0.3) is 0 Å². The molecule has 2 aliphatic rings. The van der Waals surface area contributed by atoms with E-state index < -0.39 is 0 Å². The molecule has 6 heteroatoms. The Morgan fingerprint density at radius 3 is 2.41 bits per heavy atom. The van der Waals surface area contributed by atoms with Crippen molar-refractivity contribution >= 4 is 11.6 Å². The van der Waals surface area contributed by atoms with Gasteiger partial charge in [0.2, 0.25) is 0 Å². The predicted molar refractivity (Wildman–Crippen MR) is 146 cm³/mol. The van der Waals surface area contributed by atoms with Gasteiger partial charge in [0.1, 0.15) is 5.75 Å². The van der Waals surface area contributed by atoms with Gasteiger partial charge in [-0.05, 0) is 74.1 Å². The highest BCUT2D eigenvalue weighted by atomic mass is 16.5. The first kappa shape index (κ1) is 25.0. The number of benzene rings is 3. The summed E-state index contributed by atoms with van der Waals surface area (Å²) in [4.78, 5) is 18.3. The Kier molecular flexibility index (Phi) is 7.83. The molecule has 2 aliphatic heterocycles. The van der Waals surface area contributed by atoms with Gasteiger partial charge < -0.3 is 24.0 Å². The minimum Gasteiger partial charge on any atom is -0.494 e. The van der Waals surface area contributed by atoms with Crippen molar-refractivity contribution in [2.24, 2.45) is 0 Å². The SMILES string of the molecule is COc1ccc([C@@H](CCCOc2ccccc2)N2Cc3c(cccc3N3CCCCC3)C2=O)cc1OC. The number of carbonyl (C=O) groups is 1. The van der Waals surface area contributed by atoms with Gasteiger partial charge in [0.15, 0.2) is 11.5 Å². The van der Waals surface area contributed by atoms with Crippen LogP contribution in [0.5, 0.6) is 17.2 Å². The molecule has 3 aromatic rings. The maximum atomic E-state index is 13.8. The molecule has 37 heavy (non-hydrogen) atoms. The Bertz CT molecular complexity index is 1210. The van der Waals surface area contributed by atoms with Gasteiger partial charge in [0.25, 0.3) is 5.91 Å². The lowest BCUT2D eigenvalue weighted by Crippen LogP contribution is -2.31. The molecule has 3 aromatic carbocycles. The van der Waals surface area contributed by atoms with Crippen LogP contribution in [0, 0.1) is 0 Å². The zero-order valence-electron chi connectivity index (χ0n) is 21.8. The number of methoxy groups -OCH3 is 2. The number of hydrogen-bond acceptors (Lipinski definition) is 5. The first-order chi connectivity index (χ1) is 18.2. The predicted octanol–water partition coefficient (Wildman–Crippen LogP) is 6.25. The molecule has 0 aliphatic carbocycles. The number of ether oxygens (including phenoxy) is 3. The summed E-state index contributed by atoms with van der Waals surface area (Å²) in [7, 11) is 3.28. The van der Waals surface area contributed by atoms with Crippen molar-refractivity contribution in [3.63, 3.8) is 0 Å². The minimum absolute atomic E-state index is 0.0950. The highest BCUT2D eigenvalue weighted by Crippen LogP contribution is 2.40. The molecular formula is C31H36N2O4. The highest BCUT2D eigenvalue weighted by molar-refractivity contribution is 6.00. The van der Waals surface area contributed by atoms with E-state index in [4.69, 9.17) is 14.2 Å². The monoisotopic (exact) mass is 500 g/mol. The number of carbonyl (C=O) groups excluding carboxylic acids is 1. The Hall–Kier alpha value is -3.67. The van der Waals surface area contributed by atoms with Crippen LogP contribution in [0.15, 0.2) is 66.7 Å². The molecule has 194 valence electrons. The normalized spacial score (nSPS) is 15.9. The summed E-state index contributed by atoms with van der Waals surface area (Å²) in [5.41, 5.74) is 4.24. The van der Waals surface area contributed by atoms with Gasteiger partial charge in [-0.1, -0.05) is 30.3 Å². The number of piperidine rings is 1. The quantitative estimate of drug-likeness (QED) is 0.308. The maximum Gasteiger partial charge on any atom is 0.255 e. The van der Waals surface area contributed by atoms with E-state index in [1.807, 2.05) is 65.6 Å². The van der Waals surface area contributed by atoms with E-state index in [9.17, 15) is 4.79 Å². The second-order valence-electron chi connectivity index (χ2n) is 9.72. The van der Waals surface area contributed by atoms with Crippen molar-refractivity contribution in [1.82, 2.24) is 4.90 Å². The smallest absolute Gasteiger partial charge is 0.255 e. The molecule has 1 atom stereocenters. The molecular weight excluding hydrogens is 464 g/mol. The summed E-state index contributed by atoms with van der Waals surface area (Å²) in [6.07, 6.45) is 5.28. The number of rotatable bonds is 10. The van der Waals surface area contributed by atoms with Crippen molar-refractivity contribution < 1.29 is 19.0 Å². The maximum absolute atomic E-state index is 13.8. The zero-order chi connectivity index (χ0) is 25.6. The molecule has 5 rings (SSSR count). The molecule has 0 unspecified atom stereocenters. The van der Waals surface area contributed by atoms with Crippen molar-refractivity contribution in [2.45, 2.75) is 44.7 Å². The van der Waals surface area contributed by atoms with Gasteiger partial charge in [-0.2, -0.15) is 0 Å². The van der Waals surface area contributed by atoms with Crippen LogP contribution in [-0.4, -0.2) is 44.7 Å². The Labute approximate surface area is 219 Å². The number of nitrogens with zero attached hydrogens (tertiary/aromatic N) is 2. The summed E-state index contributed by atoms with van der Waals surface area (Å²) in [5, 5.41) is 0. The lowest BCUT2D eigenvalue weighted by molar-refractivity contribution is 0.0684. The van der Waals surface area contributed by atoms with Gasteiger partial charge >= 0.3 is 0 Å². The van der Waals surface area contributed by atoms with Crippen LogP contribution in [0.1, 0.15) is 59.6 Å². The Morgan fingerprint density at radius 2 is 1.65 bits per heavy atom. The summed E-state index contributed by atoms with van der Waals surface area (Å²) >= 11 is 0. The highest BCUT2D eigenvalue weighted by Gasteiger charge is 2.36. The number of amides is 1. The van der Waals surface area contributed by atoms with Crippen LogP contribution >= 0.6 is 0 Å². The van der Waals surface area contributed by atoms with Crippen LogP contribution in [0.2, 0.25) is 0 Å². The average molecular weight is 501 g/mol. The van der Waals surface area contributed by atoms with Gasteiger partial charge in [-0.25, -0.2) is 0 Å². The number of anilines is 1. The molecule has 0 radical (unpaired) electrons. The number of hydrogen-bond donors (Lipinski definition) is 0. The van der Waals surface area contributed by atoms with Crippen LogP contribution < -0.4 is 19.1 Å². The van der Waals surface area contributed by atoms with Crippen LogP contribution in [0.4, 0.5) is 5.69 Å². The molecule has 1 amide bonds. The van der Waals surface area contributed by atoms with E-state index in [0.717, 1.165) is 48.4 Å². The molecule has 0 saturated carbocycles. The molecule has 0 N–H and O–H groups in total. The fourth-order valence-corrected chi connectivity index (χ4v) is 5.57. The van der Waals surface area contributed by atoms with Crippen molar-refractivity contribution in [2.75, 3.05) is 38.8 Å². The fraction of sp³-hybridized carbons (Fsp3) is 0.387. The minimum atomic E-state index is -0.103. The van der Waals surface area contributed by atoms with Gasteiger partial charge in [-0.15, -0.1) is 0 Å². The average Bonchev–Trinajstić information content (AvgIpc) is 3.29. The van der Waals surface area contributed by atoms with Crippen LogP contribution in [0.3, 0.4) is 0 Å². The van der Waals surface area contributed by atoms with E-state index in [2.05, 4.69) is 11.0 Å². The van der Waals surface area contributed by atoms with Crippen LogP contribution in [-0.2, 0) is 6.54 Å². The molecule has 6 nitrogen and oxygen atoms in total. The zero-order valence-corrected chi connectivity index (χ0v) is 21.8.